The van der Waals surface area contributed by atoms with Crippen LogP contribution in [0.3, 0.4) is 0 Å². The van der Waals surface area contributed by atoms with Gasteiger partial charge in [-0.3, -0.25) is 4.79 Å². The predicted molar refractivity (Wildman–Crippen MR) is 81.4 cm³/mol. The lowest BCUT2D eigenvalue weighted by atomic mass is 10.2. The Balaban J connectivity index is 2.56. The van der Waals surface area contributed by atoms with E-state index < -0.39 is 0 Å². The summed E-state index contributed by atoms with van der Waals surface area (Å²) < 4.78 is 4.78. The van der Waals surface area contributed by atoms with Crippen LogP contribution in [0.5, 0.6) is 0 Å². The number of hydrogen-bond donors (Lipinski definition) is 0. The monoisotopic (exact) mass is 293 g/mol. The molecule has 0 atom stereocenters. The van der Waals surface area contributed by atoms with Crippen molar-refractivity contribution in [3.05, 3.63) is 16.8 Å². The van der Waals surface area contributed by atoms with Crippen LogP contribution in [-0.4, -0.2) is 35.6 Å². The van der Waals surface area contributed by atoms with E-state index in [1.807, 2.05) is 18.7 Å². The molecule has 0 amide bonds. The molecule has 0 saturated heterocycles. The van der Waals surface area contributed by atoms with E-state index in [-0.39, 0.29) is 18.6 Å². The summed E-state index contributed by atoms with van der Waals surface area (Å²) in [7, 11) is 1.40. The highest BCUT2D eigenvalue weighted by Gasteiger charge is 2.21. The Morgan fingerprint density at radius 2 is 2.10 bits per heavy atom. The highest BCUT2D eigenvalue weighted by atomic mass is 32.1. The molecular formula is C14H19N3O2S. The van der Waals surface area contributed by atoms with E-state index in [4.69, 9.17) is 4.74 Å². The number of rotatable bonds is 4. The van der Waals surface area contributed by atoms with Crippen molar-refractivity contribution in [2.24, 2.45) is 0 Å². The Bertz CT molecular complexity index is 637. The van der Waals surface area contributed by atoms with Gasteiger partial charge in [-0.25, -0.2) is 9.97 Å². The van der Waals surface area contributed by atoms with E-state index in [9.17, 15) is 4.79 Å². The fourth-order valence-corrected chi connectivity index (χ4v) is 3.08. The summed E-state index contributed by atoms with van der Waals surface area (Å²) in [6, 6.07) is 0.145. The first kappa shape index (κ1) is 14.7. The highest BCUT2D eigenvalue weighted by Crippen LogP contribution is 2.34. The van der Waals surface area contributed by atoms with Gasteiger partial charge >= 0.3 is 5.97 Å². The number of carbonyl (C=O) groups is 1. The molecule has 0 spiro atoms. The molecule has 0 unspecified atom stereocenters. The molecule has 0 saturated carbocycles. The SMILES string of the molecule is COC(=O)CN(c1ncnc2sc(C)c(C)c12)C(C)C. The Hall–Kier alpha value is -1.69. The lowest BCUT2D eigenvalue weighted by Crippen LogP contribution is -2.37. The molecule has 0 bridgehead atoms. The molecule has 6 heteroatoms. The van der Waals surface area contributed by atoms with Gasteiger partial charge in [-0.05, 0) is 33.3 Å². The average Bonchev–Trinajstić information content (AvgIpc) is 2.71. The Labute approximate surface area is 122 Å². The molecule has 0 fully saturated rings. The number of thiophene rings is 1. The number of carbonyl (C=O) groups excluding carboxylic acids is 1. The van der Waals surface area contributed by atoms with Gasteiger partial charge in [-0.2, -0.15) is 0 Å². The molecule has 0 aliphatic heterocycles. The molecule has 0 aliphatic rings. The Morgan fingerprint density at radius 3 is 2.70 bits per heavy atom. The second kappa shape index (κ2) is 5.75. The van der Waals surface area contributed by atoms with Gasteiger partial charge in [0.1, 0.15) is 23.5 Å². The van der Waals surface area contributed by atoms with Crippen molar-refractivity contribution in [1.82, 2.24) is 9.97 Å². The molecule has 108 valence electrons. The van der Waals surface area contributed by atoms with Gasteiger partial charge in [0.25, 0.3) is 0 Å². The largest absolute Gasteiger partial charge is 0.468 e. The maximum absolute atomic E-state index is 11.6. The summed E-state index contributed by atoms with van der Waals surface area (Å²) in [5.41, 5.74) is 1.18. The fraction of sp³-hybridized carbons (Fsp3) is 0.500. The van der Waals surface area contributed by atoms with Crippen LogP contribution in [0, 0.1) is 13.8 Å². The summed E-state index contributed by atoms with van der Waals surface area (Å²) >= 11 is 1.65. The van der Waals surface area contributed by atoms with Crippen LogP contribution < -0.4 is 4.90 Å². The smallest absolute Gasteiger partial charge is 0.325 e. The summed E-state index contributed by atoms with van der Waals surface area (Å²) in [6.45, 7) is 8.40. The normalized spacial score (nSPS) is 11.1. The Kier molecular flexibility index (Phi) is 4.23. The van der Waals surface area contributed by atoms with Crippen LogP contribution in [-0.2, 0) is 9.53 Å². The fourth-order valence-electron chi connectivity index (χ4n) is 2.09. The molecule has 5 nitrogen and oxygen atoms in total. The van der Waals surface area contributed by atoms with Gasteiger partial charge in [0, 0.05) is 10.9 Å². The van der Waals surface area contributed by atoms with Crippen molar-refractivity contribution in [1.29, 1.82) is 0 Å². The zero-order valence-corrected chi connectivity index (χ0v) is 13.2. The summed E-state index contributed by atoms with van der Waals surface area (Å²) in [4.78, 5) is 24.5. The zero-order chi connectivity index (χ0) is 14.9. The van der Waals surface area contributed by atoms with Crippen LogP contribution in [0.25, 0.3) is 10.2 Å². The summed E-state index contributed by atoms with van der Waals surface area (Å²) in [5.74, 6) is 0.535. The lowest BCUT2D eigenvalue weighted by Gasteiger charge is -2.27. The van der Waals surface area contributed by atoms with E-state index in [2.05, 4.69) is 23.8 Å². The number of fused-ring (bicyclic) bond motifs is 1. The van der Waals surface area contributed by atoms with Gasteiger partial charge in [0.2, 0.25) is 0 Å². The minimum atomic E-state index is -0.268. The number of ether oxygens (including phenoxy) is 1. The van der Waals surface area contributed by atoms with Gasteiger partial charge in [0.15, 0.2) is 0 Å². The molecule has 2 heterocycles. The number of nitrogens with zero attached hydrogens (tertiary/aromatic N) is 3. The number of esters is 1. The minimum Gasteiger partial charge on any atom is -0.468 e. The summed E-state index contributed by atoms with van der Waals surface area (Å²) in [5, 5.41) is 1.03. The molecule has 0 N–H and O–H groups in total. The molecule has 0 radical (unpaired) electrons. The number of aromatic nitrogens is 2. The standard InChI is InChI=1S/C14H19N3O2S/c1-8(2)17(6-11(18)19-5)13-12-9(3)10(4)20-14(12)16-7-15-13/h7-8H,6H2,1-5H3. The van der Waals surface area contributed by atoms with Crippen molar-refractivity contribution in [2.75, 3.05) is 18.6 Å². The third kappa shape index (κ3) is 2.60. The third-order valence-corrected chi connectivity index (χ3v) is 4.48. The maximum atomic E-state index is 11.6. The molecule has 20 heavy (non-hydrogen) atoms. The molecule has 0 aliphatic carbocycles. The lowest BCUT2D eigenvalue weighted by molar-refractivity contribution is -0.139. The van der Waals surface area contributed by atoms with Crippen LogP contribution in [0.4, 0.5) is 5.82 Å². The van der Waals surface area contributed by atoms with E-state index in [0.717, 1.165) is 16.0 Å². The first-order valence-corrected chi connectivity index (χ1v) is 7.31. The molecule has 0 aromatic carbocycles. The van der Waals surface area contributed by atoms with Gasteiger partial charge in [-0.1, -0.05) is 0 Å². The van der Waals surface area contributed by atoms with Crippen molar-refractivity contribution in [3.63, 3.8) is 0 Å². The van der Waals surface area contributed by atoms with Gasteiger partial charge in [0.05, 0.1) is 12.5 Å². The van der Waals surface area contributed by atoms with Crippen LogP contribution in [0.1, 0.15) is 24.3 Å². The van der Waals surface area contributed by atoms with Crippen LogP contribution >= 0.6 is 11.3 Å². The molecular weight excluding hydrogens is 274 g/mol. The Morgan fingerprint density at radius 1 is 1.40 bits per heavy atom. The molecule has 2 aromatic rings. The number of aryl methyl sites for hydroxylation is 2. The first-order valence-electron chi connectivity index (χ1n) is 6.49. The van der Waals surface area contributed by atoms with E-state index in [0.29, 0.717) is 0 Å². The second-order valence-corrected chi connectivity index (χ2v) is 6.16. The van der Waals surface area contributed by atoms with Gasteiger partial charge < -0.3 is 9.64 Å². The maximum Gasteiger partial charge on any atom is 0.325 e. The topological polar surface area (TPSA) is 55.3 Å². The van der Waals surface area contributed by atoms with Crippen LogP contribution in [0.2, 0.25) is 0 Å². The minimum absolute atomic E-state index is 0.145. The highest BCUT2D eigenvalue weighted by molar-refractivity contribution is 7.18. The van der Waals surface area contributed by atoms with Crippen molar-refractivity contribution in [3.8, 4) is 0 Å². The first-order chi connectivity index (χ1) is 9.45. The van der Waals surface area contributed by atoms with Crippen LogP contribution in [0.15, 0.2) is 6.33 Å². The average molecular weight is 293 g/mol. The quantitative estimate of drug-likeness (QED) is 0.811. The number of methoxy groups -OCH3 is 1. The van der Waals surface area contributed by atoms with Crippen molar-refractivity contribution in [2.45, 2.75) is 33.7 Å². The number of anilines is 1. The van der Waals surface area contributed by atoms with E-state index >= 15 is 0 Å². The van der Waals surface area contributed by atoms with Crippen molar-refractivity contribution >= 4 is 33.3 Å². The zero-order valence-electron chi connectivity index (χ0n) is 12.4. The molecule has 2 aromatic heterocycles. The summed E-state index contributed by atoms with van der Waals surface area (Å²) in [6.07, 6.45) is 1.56. The predicted octanol–water partition coefficient (Wildman–Crippen LogP) is 2.70. The second-order valence-electron chi connectivity index (χ2n) is 4.96. The van der Waals surface area contributed by atoms with Gasteiger partial charge in [-0.15, -0.1) is 11.3 Å². The van der Waals surface area contributed by atoms with E-state index in [1.165, 1.54) is 17.6 Å². The van der Waals surface area contributed by atoms with Crippen molar-refractivity contribution < 1.29 is 9.53 Å². The third-order valence-electron chi connectivity index (χ3n) is 3.37. The number of hydrogen-bond acceptors (Lipinski definition) is 6. The molecule has 2 rings (SSSR count). The van der Waals surface area contributed by atoms with E-state index in [1.54, 1.807) is 17.7 Å².